The molecule has 0 aliphatic rings. The molecule has 0 unspecified atom stereocenters. The molecular weight excluding hydrogens is 382 g/mol. The number of sulfonamides is 1. The van der Waals surface area contributed by atoms with Crippen LogP contribution in [0.5, 0.6) is 0 Å². The fraction of sp³-hybridized carbons (Fsp3) is 0.200. The summed E-state index contributed by atoms with van der Waals surface area (Å²) >= 11 is 3.27. The molecule has 1 aromatic carbocycles. The summed E-state index contributed by atoms with van der Waals surface area (Å²) in [7, 11) is -3.34. The molecule has 23 heavy (non-hydrogen) atoms. The van der Waals surface area contributed by atoms with Crippen LogP contribution in [0, 0.1) is 0 Å². The van der Waals surface area contributed by atoms with Gasteiger partial charge in [0.05, 0.1) is 17.9 Å². The first-order chi connectivity index (χ1) is 10.7. The van der Waals surface area contributed by atoms with Gasteiger partial charge < -0.3 is 5.32 Å². The zero-order chi connectivity index (χ0) is 17.0. The highest BCUT2D eigenvalue weighted by atomic mass is 79.9. The van der Waals surface area contributed by atoms with Gasteiger partial charge >= 0.3 is 0 Å². The Kier molecular flexibility index (Phi) is 5.38. The van der Waals surface area contributed by atoms with Crippen molar-refractivity contribution >= 4 is 37.5 Å². The van der Waals surface area contributed by atoms with Crippen LogP contribution in [-0.2, 0) is 10.0 Å². The number of pyridine rings is 1. The van der Waals surface area contributed by atoms with Crippen LogP contribution < -0.4 is 10.0 Å². The lowest BCUT2D eigenvalue weighted by Gasteiger charge is -2.15. The van der Waals surface area contributed by atoms with Crippen molar-refractivity contribution in [2.45, 2.75) is 13.0 Å². The molecule has 1 amide bonds. The van der Waals surface area contributed by atoms with Crippen LogP contribution in [0.15, 0.2) is 47.2 Å². The van der Waals surface area contributed by atoms with Crippen LogP contribution in [0.1, 0.15) is 28.9 Å². The Bertz CT molecular complexity index is 824. The first-order valence-corrected chi connectivity index (χ1v) is 9.42. The SMILES string of the molecule is C[C@H](NC(=O)c1cncc(Br)c1)c1cccc(NS(C)(=O)=O)c1. The van der Waals surface area contributed by atoms with E-state index in [9.17, 15) is 13.2 Å². The van der Waals surface area contributed by atoms with Gasteiger partial charge in [0.2, 0.25) is 10.0 Å². The van der Waals surface area contributed by atoms with E-state index in [2.05, 4.69) is 31.0 Å². The molecule has 0 spiro atoms. The number of rotatable bonds is 5. The Balaban J connectivity index is 2.13. The third-order valence-corrected chi connectivity index (χ3v) is 4.04. The number of amides is 1. The first-order valence-electron chi connectivity index (χ1n) is 6.74. The summed E-state index contributed by atoms with van der Waals surface area (Å²) in [5, 5.41) is 2.85. The summed E-state index contributed by atoms with van der Waals surface area (Å²) in [6, 6.07) is 8.27. The van der Waals surface area contributed by atoms with Crippen LogP contribution in [0.4, 0.5) is 5.69 Å². The zero-order valence-electron chi connectivity index (χ0n) is 12.6. The molecule has 1 heterocycles. The topological polar surface area (TPSA) is 88.2 Å². The maximum Gasteiger partial charge on any atom is 0.253 e. The lowest BCUT2D eigenvalue weighted by Crippen LogP contribution is -2.26. The molecule has 6 nitrogen and oxygen atoms in total. The van der Waals surface area contributed by atoms with E-state index in [1.54, 1.807) is 30.5 Å². The van der Waals surface area contributed by atoms with Gasteiger partial charge in [-0.3, -0.25) is 14.5 Å². The van der Waals surface area contributed by atoms with E-state index >= 15 is 0 Å². The predicted octanol–water partition coefficient (Wildman–Crippen LogP) is 2.71. The molecular formula is C15H16BrN3O3S. The highest BCUT2D eigenvalue weighted by molar-refractivity contribution is 9.10. The van der Waals surface area contributed by atoms with Gasteiger partial charge in [-0.05, 0) is 46.6 Å². The third-order valence-electron chi connectivity index (χ3n) is 3.00. The number of carbonyl (C=O) groups excluding carboxylic acids is 1. The summed E-state index contributed by atoms with van der Waals surface area (Å²) in [5.41, 5.74) is 1.68. The van der Waals surface area contributed by atoms with Gasteiger partial charge in [-0.2, -0.15) is 0 Å². The van der Waals surface area contributed by atoms with E-state index in [0.717, 1.165) is 16.3 Å². The zero-order valence-corrected chi connectivity index (χ0v) is 15.0. The predicted molar refractivity (Wildman–Crippen MR) is 92.7 cm³/mol. The fourth-order valence-electron chi connectivity index (χ4n) is 1.98. The van der Waals surface area contributed by atoms with Crippen molar-refractivity contribution < 1.29 is 13.2 Å². The minimum absolute atomic E-state index is 0.257. The first kappa shape index (κ1) is 17.4. The van der Waals surface area contributed by atoms with Crippen LogP contribution in [0.3, 0.4) is 0 Å². The third kappa shape index (κ3) is 5.33. The number of halogens is 1. The summed E-state index contributed by atoms with van der Waals surface area (Å²) in [4.78, 5) is 16.2. The summed E-state index contributed by atoms with van der Waals surface area (Å²) < 4.78 is 25.7. The van der Waals surface area contributed by atoms with Crippen molar-refractivity contribution in [3.63, 3.8) is 0 Å². The number of anilines is 1. The van der Waals surface area contributed by atoms with Gasteiger partial charge in [0.15, 0.2) is 0 Å². The Labute approximate surface area is 143 Å². The van der Waals surface area contributed by atoms with Crippen LogP contribution in [0.25, 0.3) is 0 Å². The average molecular weight is 398 g/mol. The van der Waals surface area contributed by atoms with Gasteiger partial charge in [-0.15, -0.1) is 0 Å². The monoisotopic (exact) mass is 397 g/mol. The van der Waals surface area contributed by atoms with Gasteiger partial charge in [0, 0.05) is 22.6 Å². The molecule has 0 bridgehead atoms. The molecule has 2 N–H and O–H groups in total. The van der Waals surface area contributed by atoms with Crippen molar-refractivity contribution in [1.82, 2.24) is 10.3 Å². The highest BCUT2D eigenvalue weighted by Gasteiger charge is 2.13. The Morgan fingerprint density at radius 2 is 2.00 bits per heavy atom. The maximum atomic E-state index is 12.2. The van der Waals surface area contributed by atoms with Gasteiger partial charge in [-0.25, -0.2) is 8.42 Å². The minimum Gasteiger partial charge on any atom is -0.345 e. The second-order valence-corrected chi connectivity index (χ2v) is 7.75. The molecule has 0 fully saturated rings. The van der Waals surface area contributed by atoms with Gasteiger partial charge in [0.25, 0.3) is 5.91 Å². The van der Waals surface area contributed by atoms with Crippen LogP contribution >= 0.6 is 15.9 Å². The van der Waals surface area contributed by atoms with E-state index in [0.29, 0.717) is 11.3 Å². The molecule has 2 rings (SSSR count). The van der Waals surface area contributed by atoms with Gasteiger partial charge in [0.1, 0.15) is 0 Å². The molecule has 0 aliphatic heterocycles. The van der Waals surface area contributed by atoms with E-state index in [4.69, 9.17) is 0 Å². The number of benzene rings is 1. The number of hydrogen-bond donors (Lipinski definition) is 2. The van der Waals surface area contributed by atoms with Crippen molar-refractivity contribution in [1.29, 1.82) is 0 Å². The fourth-order valence-corrected chi connectivity index (χ4v) is 2.90. The number of hydrogen-bond acceptors (Lipinski definition) is 4. The number of carbonyl (C=O) groups is 1. The smallest absolute Gasteiger partial charge is 0.253 e. The quantitative estimate of drug-likeness (QED) is 0.811. The second kappa shape index (κ2) is 7.10. The molecule has 0 saturated heterocycles. The van der Waals surface area contributed by atoms with Crippen LogP contribution in [-0.4, -0.2) is 25.6 Å². The normalized spacial score (nSPS) is 12.5. The molecule has 0 saturated carbocycles. The van der Waals surface area contributed by atoms with Crippen molar-refractivity contribution in [3.8, 4) is 0 Å². The minimum atomic E-state index is -3.34. The Morgan fingerprint density at radius 1 is 1.26 bits per heavy atom. The van der Waals surface area contributed by atoms with E-state index in [1.165, 1.54) is 6.20 Å². The molecule has 8 heteroatoms. The number of nitrogens with zero attached hydrogens (tertiary/aromatic N) is 1. The number of nitrogens with one attached hydrogen (secondary N) is 2. The standard InChI is InChI=1S/C15H16BrN3O3S/c1-10(18-15(20)12-6-13(16)9-17-8-12)11-4-3-5-14(7-11)19-23(2,21)22/h3-10,19H,1-2H3,(H,18,20)/t10-/m0/s1. The molecule has 1 aromatic heterocycles. The lowest BCUT2D eigenvalue weighted by molar-refractivity contribution is 0.0939. The highest BCUT2D eigenvalue weighted by Crippen LogP contribution is 2.19. The molecule has 0 radical (unpaired) electrons. The maximum absolute atomic E-state index is 12.2. The lowest BCUT2D eigenvalue weighted by atomic mass is 10.1. The Hall–Kier alpha value is -1.93. The molecule has 0 aliphatic carbocycles. The molecule has 1 atom stereocenters. The second-order valence-electron chi connectivity index (χ2n) is 5.09. The largest absolute Gasteiger partial charge is 0.345 e. The summed E-state index contributed by atoms with van der Waals surface area (Å²) in [6.45, 7) is 1.82. The van der Waals surface area contributed by atoms with E-state index < -0.39 is 10.0 Å². The van der Waals surface area contributed by atoms with Crippen molar-refractivity contribution in [2.75, 3.05) is 11.0 Å². The Morgan fingerprint density at radius 3 is 2.65 bits per heavy atom. The van der Waals surface area contributed by atoms with E-state index in [-0.39, 0.29) is 11.9 Å². The summed E-state index contributed by atoms with van der Waals surface area (Å²) in [6.07, 6.45) is 4.17. The molecule has 122 valence electrons. The van der Waals surface area contributed by atoms with Gasteiger partial charge in [-0.1, -0.05) is 12.1 Å². The molecule has 2 aromatic rings. The van der Waals surface area contributed by atoms with Crippen molar-refractivity contribution in [2.24, 2.45) is 0 Å². The average Bonchev–Trinajstić information content (AvgIpc) is 2.45. The van der Waals surface area contributed by atoms with Crippen molar-refractivity contribution in [3.05, 3.63) is 58.3 Å². The van der Waals surface area contributed by atoms with Crippen LogP contribution in [0.2, 0.25) is 0 Å². The number of aromatic nitrogens is 1. The summed E-state index contributed by atoms with van der Waals surface area (Å²) in [5.74, 6) is -0.257. The van der Waals surface area contributed by atoms with E-state index in [1.807, 2.05) is 13.0 Å².